The second-order valence-corrected chi connectivity index (χ2v) is 9.49. The number of nitrogens with zero attached hydrogens (tertiary/aromatic N) is 5. The van der Waals surface area contributed by atoms with Crippen molar-refractivity contribution in [2.45, 2.75) is 30.8 Å². The lowest BCUT2D eigenvalue weighted by Gasteiger charge is -2.28. The van der Waals surface area contributed by atoms with Gasteiger partial charge in [0.05, 0.1) is 29.7 Å². The Morgan fingerprint density at radius 1 is 1.06 bits per heavy atom. The van der Waals surface area contributed by atoms with Gasteiger partial charge in [0, 0.05) is 36.1 Å². The maximum absolute atomic E-state index is 12.9. The van der Waals surface area contributed by atoms with Gasteiger partial charge in [-0.2, -0.15) is 0 Å². The van der Waals surface area contributed by atoms with Crippen molar-refractivity contribution in [3.63, 3.8) is 0 Å². The number of aromatic nitrogens is 4. The Kier molecular flexibility index (Phi) is 6.60. The smallest absolute Gasteiger partial charge is 0.236 e. The van der Waals surface area contributed by atoms with Gasteiger partial charge in [-0.3, -0.25) is 4.79 Å². The van der Waals surface area contributed by atoms with E-state index in [0.29, 0.717) is 32.8 Å². The van der Waals surface area contributed by atoms with E-state index in [2.05, 4.69) is 46.0 Å². The number of fused-ring (bicyclic) bond motifs is 1. The van der Waals surface area contributed by atoms with Crippen LogP contribution in [0.25, 0.3) is 33.5 Å². The number of amides is 1. The Hall–Kier alpha value is -3.23. The van der Waals surface area contributed by atoms with E-state index in [4.69, 9.17) is 9.72 Å². The van der Waals surface area contributed by atoms with Crippen LogP contribution in [0.2, 0.25) is 0 Å². The molecular weight excluding hydrogens is 446 g/mol. The van der Waals surface area contributed by atoms with Crippen molar-refractivity contribution >= 4 is 28.6 Å². The van der Waals surface area contributed by atoms with Crippen LogP contribution in [0.1, 0.15) is 13.8 Å². The van der Waals surface area contributed by atoms with Gasteiger partial charge in [0.1, 0.15) is 0 Å². The van der Waals surface area contributed by atoms with E-state index >= 15 is 0 Å². The topological polar surface area (TPSA) is 73.1 Å². The number of ether oxygens (including phenoxy) is 1. The summed E-state index contributed by atoms with van der Waals surface area (Å²) in [4.78, 5) is 19.7. The highest BCUT2D eigenvalue weighted by Crippen LogP contribution is 2.34. The van der Waals surface area contributed by atoms with Crippen molar-refractivity contribution in [3.05, 3.63) is 60.7 Å². The minimum atomic E-state index is -0.255. The molecule has 2 aromatic carbocycles. The molecule has 1 aliphatic heterocycles. The number of rotatable bonds is 6. The fourth-order valence-electron chi connectivity index (χ4n) is 4.23. The van der Waals surface area contributed by atoms with E-state index in [0.717, 1.165) is 38.7 Å². The Morgan fingerprint density at radius 3 is 2.56 bits per heavy atom. The van der Waals surface area contributed by atoms with Gasteiger partial charge < -0.3 is 14.2 Å². The molecule has 0 spiro atoms. The number of para-hydroxylation sites is 1. The lowest BCUT2D eigenvalue weighted by atomic mass is 10.0. The maximum atomic E-state index is 12.9. The summed E-state index contributed by atoms with van der Waals surface area (Å²) in [6, 6.07) is 20.4. The zero-order chi connectivity index (χ0) is 23.5. The van der Waals surface area contributed by atoms with Crippen LogP contribution < -0.4 is 0 Å². The molecule has 1 saturated heterocycles. The van der Waals surface area contributed by atoms with E-state index in [1.165, 1.54) is 11.8 Å². The molecule has 1 fully saturated rings. The molecule has 0 saturated carbocycles. The highest BCUT2D eigenvalue weighted by molar-refractivity contribution is 8.00. The molecule has 0 aliphatic carbocycles. The fourth-order valence-corrected chi connectivity index (χ4v) is 5.22. The second-order valence-electron chi connectivity index (χ2n) is 8.19. The van der Waals surface area contributed by atoms with Crippen LogP contribution in [0.4, 0.5) is 0 Å². The standard InChI is InChI=1S/C26H27N5O2S/c1-3-31-24(28-29-26(31)34-18(2)25(32)30-13-15-33-16-14-30)21-17-23(19-9-5-4-6-10-19)27-22-12-8-7-11-20(21)22/h4-12,17-18H,3,13-16H2,1-2H3. The van der Waals surface area contributed by atoms with Gasteiger partial charge in [0.2, 0.25) is 5.91 Å². The number of morpholine rings is 1. The molecule has 1 atom stereocenters. The molecule has 2 aromatic heterocycles. The first kappa shape index (κ1) is 22.6. The highest BCUT2D eigenvalue weighted by atomic mass is 32.2. The summed E-state index contributed by atoms with van der Waals surface area (Å²) in [6.45, 7) is 7.18. The summed E-state index contributed by atoms with van der Waals surface area (Å²) in [7, 11) is 0. The second kappa shape index (κ2) is 9.95. The predicted molar refractivity (Wildman–Crippen MR) is 135 cm³/mol. The number of thioether (sulfide) groups is 1. The molecule has 0 radical (unpaired) electrons. The lowest BCUT2D eigenvalue weighted by molar-refractivity contribution is -0.134. The van der Waals surface area contributed by atoms with Crippen LogP contribution in [-0.2, 0) is 16.1 Å². The molecule has 7 nitrogen and oxygen atoms in total. The zero-order valence-corrected chi connectivity index (χ0v) is 20.2. The Balaban J connectivity index is 1.52. The number of benzene rings is 2. The Labute approximate surface area is 203 Å². The molecule has 174 valence electrons. The van der Waals surface area contributed by atoms with Crippen molar-refractivity contribution in [2.24, 2.45) is 0 Å². The van der Waals surface area contributed by atoms with E-state index < -0.39 is 0 Å². The van der Waals surface area contributed by atoms with Crippen molar-refractivity contribution < 1.29 is 9.53 Å². The molecule has 3 heterocycles. The minimum absolute atomic E-state index is 0.112. The maximum Gasteiger partial charge on any atom is 0.236 e. The van der Waals surface area contributed by atoms with Crippen molar-refractivity contribution in [1.29, 1.82) is 0 Å². The van der Waals surface area contributed by atoms with Crippen LogP contribution in [0.5, 0.6) is 0 Å². The molecule has 0 bridgehead atoms. The highest BCUT2D eigenvalue weighted by Gasteiger charge is 2.26. The molecule has 1 amide bonds. The number of carbonyl (C=O) groups excluding carboxylic acids is 1. The first-order chi connectivity index (χ1) is 16.7. The first-order valence-corrected chi connectivity index (χ1v) is 12.5. The summed E-state index contributed by atoms with van der Waals surface area (Å²) in [6.07, 6.45) is 0. The number of hydrogen-bond acceptors (Lipinski definition) is 6. The third-order valence-electron chi connectivity index (χ3n) is 6.01. The summed E-state index contributed by atoms with van der Waals surface area (Å²) in [5.74, 6) is 0.896. The quantitative estimate of drug-likeness (QED) is 0.384. The number of hydrogen-bond donors (Lipinski definition) is 0. The van der Waals surface area contributed by atoms with Gasteiger partial charge in [-0.25, -0.2) is 4.98 Å². The van der Waals surface area contributed by atoms with Crippen LogP contribution in [0.15, 0.2) is 65.8 Å². The third kappa shape index (κ3) is 4.43. The molecule has 0 N–H and O–H groups in total. The van der Waals surface area contributed by atoms with Gasteiger partial charge in [-0.15, -0.1) is 10.2 Å². The van der Waals surface area contributed by atoms with Crippen LogP contribution >= 0.6 is 11.8 Å². The summed E-state index contributed by atoms with van der Waals surface area (Å²) in [5.41, 5.74) is 3.84. The molecular formula is C26H27N5O2S. The fraction of sp³-hybridized carbons (Fsp3) is 0.308. The van der Waals surface area contributed by atoms with Gasteiger partial charge in [-0.05, 0) is 26.0 Å². The molecule has 4 aromatic rings. The third-order valence-corrected chi connectivity index (χ3v) is 7.08. The molecule has 5 rings (SSSR count). The van der Waals surface area contributed by atoms with Crippen molar-refractivity contribution in [3.8, 4) is 22.6 Å². The Bertz CT molecular complexity index is 1300. The predicted octanol–water partition coefficient (Wildman–Crippen LogP) is 4.52. The summed E-state index contributed by atoms with van der Waals surface area (Å²) >= 11 is 1.46. The van der Waals surface area contributed by atoms with Crippen LogP contribution in [0.3, 0.4) is 0 Å². The van der Waals surface area contributed by atoms with Gasteiger partial charge >= 0.3 is 0 Å². The average Bonchev–Trinajstić information content (AvgIpc) is 3.30. The molecule has 8 heteroatoms. The first-order valence-electron chi connectivity index (χ1n) is 11.6. The summed E-state index contributed by atoms with van der Waals surface area (Å²) in [5, 5.41) is 10.6. The number of pyridine rings is 1. The average molecular weight is 474 g/mol. The molecule has 1 aliphatic rings. The largest absolute Gasteiger partial charge is 0.378 e. The van der Waals surface area contributed by atoms with Crippen LogP contribution in [-0.4, -0.2) is 62.1 Å². The number of carbonyl (C=O) groups is 1. The normalized spacial score (nSPS) is 14.9. The van der Waals surface area contributed by atoms with Crippen molar-refractivity contribution in [1.82, 2.24) is 24.6 Å². The van der Waals surface area contributed by atoms with Crippen LogP contribution in [0, 0.1) is 0 Å². The minimum Gasteiger partial charge on any atom is -0.378 e. The van der Waals surface area contributed by atoms with Gasteiger partial charge in [0.25, 0.3) is 0 Å². The van der Waals surface area contributed by atoms with Crippen molar-refractivity contribution in [2.75, 3.05) is 26.3 Å². The molecule has 1 unspecified atom stereocenters. The summed E-state index contributed by atoms with van der Waals surface area (Å²) < 4.78 is 7.47. The van der Waals surface area contributed by atoms with Gasteiger partial charge in [-0.1, -0.05) is 60.3 Å². The zero-order valence-electron chi connectivity index (χ0n) is 19.3. The van der Waals surface area contributed by atoms with E-state index in [1.54, 1.807) is 0 Å². The van der Waals surface area contributed by atoms with E-state index in [1.807, 2.05) is 48.2 Å². The lowest BCUT2D eigenvalue weighted by Crippen LogP contribution is -2.44. The molecule has 34 heavy (non-hydrogen) atoms. The van der Waals surface area contributed by atoms with E-state index in [-0.39, 0.29) is 11.2 Å². The van der Waals surface area contributed by atoms with Gasteiger partial charge in [0.15, 0.2) is 11.0 Å². The van der Waals surface area contributed by atoms with E-state index in [9.17, 15) is 4.79 Å². The Morgan fingerprint density at radius 2 is 1.79 bits per heavy atom. The monoisotopic (exact) mass is 473 g/mol. The SMILES string of the molecule is CCn1c(SC(C)C(=O)N2CCOCC2)nnc1-c1cc(-c2ccccc2)nc2ccccc12.